The fourth-order valence-corrected chi connectivity index (χ4v) is 10.2. The van der Waals surface area contributed by atoms with E-state index in [0.29, 0.717) is 27.9 Å². The zero-order chi connectivity index (χ0) is 14.6. The molecule has 9 aliphatic rings. The lowest BCUT2D eigenvalue weighted by molar-refractivity contribution is -0.159. The van der Waals surface area contributed by atoms with E-state index in [9.17, 15) is 4.79 Å². The van der Waals surface area contributed by atoms with Crippen LogP contribution in [0.3, 0.4) is 0 Å². The molecule has 2 heteroatoms. The maximum absolute atomic E-state index is 13.4. The number of carbonyl (C=O) groups excluding carboxylic acids is 1. The number of rotatable bonds is 0. The van der Waals surface area contributed by atoms with Crippen molar-refractivity contribution in [1.82, 2.24) is 4.90 Å². The Morgan fingerprint density at radius 3 is 3.05 bits per heavy atom. The minimum Gasteiger partial charge on any atom is -0.299 e. The molecular formula is C20H25NO. The van der Waals surface area contributed by atoms with Crippen molar-refractivity contribution in [1.29, 1.82) is 0 Å². The van der Waals surface area contributed by atoms with Crippen LogP contribution in [-0.2, 0) is 4.79 Å². The summed E-state index contributed by atoms with van der Waals surface area (Å²) < 4.78 is 0. The van der Waals surface area contributed by atoms with Crippen molar-refractivity contribution in [3.8, 4) is 0 Å². The summed E-state index contributed by atoms with van der Waals surface area (Å²) in [5, 5.41) is 0. The molecule has 116 valence electrons. The van der Waals surface area contributed by atoms with Gasteiger partial charge in [-0.3, -0.25) is 9.69 Å². The molecule has 3 unspecified atom stereocenters. The van der Waals surface area contributed by atoms with Crippen LogP contribution >= 0.6 is 0 Å². The second kappa shape index (κ2) is 2.90. The average Bonchev–Trinajstić information content (AvgIpc) is 2.87. The summed E-state index contributed by atoms with van der Waals surface area (Å²) in [7, 11) is 0. The van der Waals surface area contributed by atoms with Gasteiger partial charge in [0.2, 0.25) is 0 Å². The predicted molar refractivity (Wildman–Crippen MR) is 83.1 cm³/mol. The lowest BCUT2D eigenvalue weighted by Crippen LogP contribution is -2.62. The summed E-state index contributed by atoms with van der Waals surface area (Å²) in [6, 6.07) is 1.59. The van der Waals surface area contributed by atoms with Crippen molar-refractivity contribution < 1.29 is 4.79 Å². The summed E-state index contributed by atoms with van der Waals surface area (Å²) in [6.07, 6.45) is 7.84. The Morgan fingerprint density at radius 2 is 2.18 bits per heavy atom. The van der Waals surface area contributed by atoms with Gasteiger partial charge in [0.15, 0.2) is 0 Å². The van der Waals surface area contributed by atoms with Crippen molar-refractivity contribution in [2.75, 3.05) is 6.54 Å². The molecule has 9 rings (SSSR count). The van der Waals surface area contributed by atoms with E-state index in [1.807, 2.05) is 0 Å². The molecule has 6 aliphatic carbocycles. The van der Waals surface area contributed by atoms with Crippen LogP contribution in [0.5, 0.6) is 0 Å². The quantitative estimate of drug-likeness (QED) is 0.640. The van der Waals surface area contributed by atoms with Crippen molar-refractivity contribution in [2.45, 2.75) is 57.5 Å². The predicted octanol–water partition coefficient (Wildman–Crippen LogP) is 3.03. The molecule has 9 bridgehead atoms. The third kappa shape index (κ3) is 0.800. The molecule has 0 aromatic rings. The van der Waals surface area contributed by atoms with Crippen molar-refractivity contribution in [3.63, 3.8) is 0 Å². The Labute approximate surface area is 132 Å². The maximum atomic E-state index is 13.4. The monoisotopic (exact) mass is 295 g/mol. The highest BCUT2D eigenvalue weighted by molar-refractivity contribution is 5.91. The number of ketones is 1. The highest BCUT2D eigenvalue weighted by atomic mass is 16.1. The van der Waals surface area contributed by atoms with Crippen LogP contribution in [0.25, 0.3) is 0 Å². The van der Waals surface area contributed by atoms with Gasteiger partial charge in [0.05, 0.1) is 0 Å². The summed E-state index contributed by atoms with van der Waals surface area (Å²) >= 11 is 0. The smallest absolute Gasteiger partial charge is 0.144 e. The number of fused-ring (bicyclic) bond motifs is 1. The van der Waals surface area contributed by atoms with Gasteiger partial charge in [-0.05, 0) is 54.8 Å². The number of allylic oxidation sites excluding steroid dienone is 1. The van der Waals surface area contributed by atoms with E-state index in [1.54, 1.807) is 0 Å². The first-order valence-electron chi connectivity index (χ1n) is 9.50. The first kappa shape index (κ1) is 11.8. The molecule has 0 radical (unpaired) electrons. The number of hydrogen-bond acceptors (Lipinski definition) is 2. The molecule has 3 heterocycles. The molecule has 22 heavy (non-hydrogen) atoms. The topological polar surface area (TPSA) is 20.3 Å². The van der Waals surface area contributed by atoms with Gasteiger partial charge in [-0.1, -0.05) is 25.5 Å². The Balaban J connectivity index is 1.55. The highest BCUT2D eigenvalue weighted by Gasteiger charge is 2.88. The SMILES string of the molecule is C=C1CC23C[C@H]4[C@@H]5[C@@]6(C)CCC[C@]57C([C@H]2C[C@H]1C(=O)[C@H]37)N4C6. The zero-order valence-electron chi connectivity index (χ0n) is 13.5. The standard InChI is InChI=1S/C20H25NO/c1-10-7-19-8-13-15-18(2)4-3-5-20(15)16(19)14(22)11(10)6-12(19)17(20)21(13)9-18/h11-13,15-17H,1,3-9H2,2H3/t11-,12-,13+,15-,16-,17?,18+,19?,20+/m1/s1. The number of Topliss-reactive ketones (excluding diaryl/α,β-unsaturated/α-hetero) is 1. The fraction of sp³-hybridized carbons (Fsp3) is 0.850. The normalized spacial score (nSPS) is 71.8. The molecule has 2 nitrogen and oxygen atoms in total. The Morgan fingerprint density at radius 1 is 1.32 bits per heavy atom. The van der Waals surface area contributed by atoms with Crippen LogP contribution in [0, 0.1) is 39.9 Å². The molecular weight excluding hydrogens is 270 g/mol. The molecule has 0 N–H and O–H groups in total. The van der Waals surface area contributed by atoms with E-state index in [4.69, 9.17) is 0 Å². The lowest BCUT2D eigenvalue weighted by atomic mass is 9.41. The molecule has 3 saturated heterocycles. The molecule has 0 aromatic carbocycles. The summed E-state index contributed by atoms with van der Waals surface area (Å²) in [6.45, 7) is 8.24. The van der Waals surface area contributed by atoms with Crippen LogP contribution in [0.1, 0.15) is 45.4 Å². The molecule has 0 amide bonds. The Kier molecular flexibility index (Phi) is 1.56. The molecule has 0 aromatic heterocycles. The third-order valence-electron chi connectivity index (χ3n) is 9.94. The van der Waals surface area contributed by atoms with Gasteiger partial charge >= 0.3 is 0 Å². The first-order valence-corrected chi connectivity index (χ1v) is 9.50. The van der Waals surface area contributed by atoms with Crippen molar-refractivity contribution in [3.05, 3.63) is 12.2 Å². The van der Waals surface area contributed by atoms with Crippen LogP contribution in [0.4, 0.5) is 0 Å². The van der Waals surface area contributed by atoms with Gasteiger partial charge < -0.3 is 0 Å². The van der Waals surface area contributed by atoms with Gasteiger partial charge in [0.1, 0.15) is 5.78 Å². The molecule has 2 spiro atoms. The number of nitrogens with zero attached hydrogens (tertiary/aromatic N) is 1. The largest absolute Gasteiger partial charge is 0.299 e. The number of piperidine rings is 2. The Bertz CT molecular complexity index is 683. The maximum Gasteiger partial charge on any atom is 0.144 e. The van der Waals surface area contributed by atoms with Gasteiger partial charge in [-0.2, -0.15) is 0 Å². The number of hydrogen-bond donors (Lipinski definition) is 0. The van der Waals surface area contributed by atoms with E-state index < -0.39 is 0 Å². The van der Waals surface area contributed by atoms with Gasteiger partial charge in [-0.25, -0.2) is 0 Å². The van der Waals surface area contributed by atoms with Crippen LogP contribution in [0.15, 0.2) is 12.2 Å². The zero-order valence-corrected chi connectivity index (χ0v) is 13.5. The van der Waals surface area contributed by atoms with Gasteiger partial charge in [0, 0.05) is 35.9 Å². The second-order valence-corrected chi connectivity index (χ2v) is 10.3. The summed E-state index contributed by atoms with van der Waals surface area (Å²) in [5.41, 5.74) is 2.57. The van der Waals surface area contributed by atoms with Crippen molar-refractivity contribution in [2.24, 2.45) is 39.9 Å². The van der Waals surface area contributed by atoms with Crippen LogP contribution in [-0.4, -0.2) is 29.3 Å². The van der Waals surface area contributed by atoms with Gasteiger partial charge in [-0.15, -0.1) is 0 Å². The first-order chi connectivity index (χ1) is 10.5. The second-order valence-electron chi connectivity index (χ2n) is 10.3. The van der Waals surface area contributed by atoms with E-state index in [0.717, 1.165) is 30.3 Å². The lowest BCUT2D eigenvalue weighted by Gasteiger charge is -2.61. The Hall–Kier alpha value is -0.630. The molecule has 6 saturated carbocycles. The van der Waals surface area contributed by atoms with E-state index >= 15 is 0 Å². The van der Waals surface area contributed by atoms with Crippen molar-refractivity contribution >= 4 is 5.78 Å². The third-order valence-corrected chi connectivity index (χ3v) is 9.94. The van der Waals surface area contributed by atoms with Crippen LogP contribution in [0.2, 0.25) is 0 Å². The van der Waals surface area contributed by atoms with E-state index in [-0.39, 0.29) is 5.92 Å². The van der Waals surface area contributed by atoms with Gasteiger partial charge in [0.25, 0.3) is 0 Å². The molecule has 9 fully saturated rings. The summed E-state index contributed by atoms with van der Waals surface area (Å²) in [4.78, 5) is 16.4. The van der Waals surface area contributed by atoms with E-state index in [1.165, 1.54) is 44.2 Å². The fourth-order valence-electron chi connectivity index (χ4n) is 10.2. The minimum atomic E-state index is 0.238. The van der Waals surface area contributed by atoms with Crippen LogP contribution < -0.4 is 0 Å². The minimum absolute atomic E-state index is 0.238. The molecule has 3 aliphatic heterocycles. The van der Waals surface area contributed by atoms with E-state index in [2.05, 4.69) is 18.4 Å². The average molecular weight is 295 g/mol. The highest BCUT2D eigenvalue weighted by Crippen LogP contribution is 2.86. The summed E-state index contributed by atoms with van der Waals surface area (Å²) in [5.74, 6) is 2.98. The number of carbonyl (C=O) groups is 1. The molecule has 10 atom stereocenters.